The minimum Gasteiger partial charge on any atom is -0.302 e. The number of nitrogens with one attached hydrogen (secondary N) is 1. The molecule has 4 heteroatoms. The van der Waals surface area contributed by atoms with Crippen LogP contribution in [0, 0.1) is 17.2 Å². The number of nitriles is 1. The Morgan fingerprint density at radius 2 is 2.00 bits per heavy atom. The van der Waals surface area contributed by atoms with Crippen molar-refractivity contribution in [3.63, 3.8) is 0 Å². The van der Waals surface area contributed by atoms with E-state index in [0.717, 1.165) is 19.4 Å². The average molecular weight is 278 g/mol. The lowest BCUT2D eigenvalue weighted by atomic mass is 9.86. The van der Waals surface area contributed by atoms with Gasteiger partial charge in [0.1, 0.15) is 5.54 Å². The third-order valence-electron chi connectivity index (χ3n) is 5.40. The standard InChI is InChI=1S/C16H30N4/c1-14(2)20-11-9-19(10-12-20)8-6-15-5-4-7-16(15,13-17)18-3/h14-15,18H,4-12H2,1-3H3. The smallest absolute Gasteiger partial charge is 0.109 e. The van der Waals surface area contributed by atoms with Crippen LogP contribution in [0.25, 0.3) is 0 Å². The van der Waals surface area contributed by atoms with Gasteiger partial charge in [0.25, 0.3) is 0 Å². The summed E-state index contributed by atoms with van der Waals surface area (Å²) in [5, 5.41) is 12.8. The highest BCUT2D eigenvalue weighted by atomic mass is 15.3. The Bertz CT molecular complexity index is 341. The van der Waals surface area contributed by atoms with E-state index in [0.29, 0.717) is 12.0 Å². The molecule has 1 saturated carbocycles. The van der Waals surface area contributed by atoms with Gasteiger partial charge in [-0.25, -0.2) is 0 Å². The minimum atomic E-state index is -0.250. The van der Waals surface area contributed by atoms with E-state index in [2.05, 4.69) is 35.0 Å². The average Bonchev–Trinajstić information content (AvgIpc) is 2.89. The number of piperazine rings is 1. The van der Waals surface area contributed by atoms with Gasteiger partial charge in [-0.15, -0.1) is 0 Å². The Morgan fingerprint density at radius 3 is 2.55 bits per heavy atom. The number of hydrogen-bond donors (Lipinski definition) is 1. The lowest BCUT2D eigenvalue weighted by Gasteiger charge is -2.38. The van der Waals surface area contributed by atoms with E-state index in [1.54, 1.807) is 0 Å². The van der Waals surface area contributed by atoms with Crippen molar-refractivity contribution in [2.45, 2.75) is 51.1 Å². The monoisotopic (exact) mass is 278 g/mol. The molecule has 0 bridgehead atoms. The molecule has 1 saturated heterocycles. The van der Waals surface area contributed by atoms with Crippen molar-refractivity contribution in [1.82, 2.24) is 15.1 Å². The summed E-state index contributed by atoms with van der Waals surface area (Å²) in [7, 11) is 1.95. The summed E-state index contributed by atoms with van der Waals surface area (Å²) in [5.74, 6) is 0.528. The summed E-state index contributed by atoms with van der Waals surface area (Å²) < 4.78 is 0. The van der Waals surface area contributed by atoms with E-state index < -0.39 is 0 Å². The summed E-state index contributed by atoms with van der Waals surface area (Å²) in [6.45, 7) is 10.5. The highest BCUT2D eigenvalue weighted by Gasteiger charge is 2.41. The molecule has 1 aliphatic heterocycles. The molecule has 2 rings (SSSR count). The van der Waals surface area contributed by atoms with Crippen molar-refractivity contribution in [3.8, 4) is 6.07 Å². The second kappa shape index (κ2) is 6.89. The summed E-state index contributed by atoms with van der Waals surface area (Å²) in [5.41, 5.74) is -0.250. The Kier molecular flexibility index (Phi) is 5.42. The van der Waals surface area contributed by atoms with E-state index in [-0.39, 0.29) is 5.54 Å². The fourth-order valence-electron chi connectivity index (χ4n) is 3.84. The molecule has 1 heterocycles. The summed E-state index contributed by atoms with van der Waals surface area (Å²) in [6.07, 6.45) is 4.59. The van der Waals surface area contributed by atoms with Crippen molar-refractivity contribution in [3.05, 3.63) is 0 Å². The third-order valence-corrected chi connectivity index (χ3v) is 5.40. The van der Waals surface area contributed by atoms with Gasteiger partial charge in [0.15, 0.2) is 0 Å². The second-order valence-corrected chi connectivity index (χ2v) is 6.68. The first-order valence-corrected chi connectivity index (χ1v) is 8.18. The van der Waals surface area contributed by atoms with Gasteiger partial charge in [-0.2, -0.15) is 5.26 Å². The number of rotatable bonds is 5. The van der Waals surface area contributed by atoms with Crippen LogP contribution in [0.2, 0.25) is 0 Å². The predicted octanol–water partition coefficient (Wildman–Crippen LogP) is 1.68. The van der Waals surface area contributed by atoms with Gasteiger partial charge in [0.05, 0.1) is 6.07 Å². The van der Waals surface area contributed by atoms with Crippen LogP contribution in [0.15, 0.2) is 0 Å². The molecule has 0 amide bonds. The van der Waals surface area contributed by atoms with Crippen molar-refractivity contribution in [2.75, 3.05) is 39.8 Å². The van der Waals surface area contributed by atoms with Gasteiger partial charge < -0.3 is 10.2 Å². The van der Waals surface area contributed by atoms with Gasteiger partial charge in [-0.1, -0.05) is 6.42 Å². The molecule has 0 aromatic rings. The molecule has 2 fully saturated rings. The van der Waals surface area contributed by atoms with E-state index in [1.807, 2.05) is 7.05 Å². The van der Waals surface area contributed by atoms with Gasteiger partial charge in [-0.3, -0.25) is 4.90 Å². The zero-order valence-corrected chi connectivity index (χ0v) is 13.4. The van der Waals surface area contributed by atoms with Crippen LogP contribution in [0.5, 0.6) is 0 Å². The largest absolute Gasteiger partial charge is 0.302 e. The Labute approximate surface area is 124 Å². The fraction of sp³-hybridized carbons (Fsp3) is 0.938. The molecule has 4 nitrogen and oxygen atoms in total. The first-order chi connectivity index (χ1) is 9.61. The summed E-state index contributed by atoms with van der Waals surface area (Å²) >= 11 is 0. The number of nitrogens with zero attached hydrogens (tertiary/aromatic N) is 3. The Hall–Kier alpha value is -0.630. The fourth-order valence-corrected chi connectivity index (χ4v) is 3.84. The van der Waals surface area contributed by atoms with Gasteiger partial charge in [-0.05, 0) is 52.6 Å². The lowest BCUT2D eigenvalue weighted by Crippen LogP contribution is -2.50. The zero-order chi connectivity index (χ0) is 14.6. The Morgan fingerprint density at radius 1 is 1.30 bits per heavy atom. The molecule has 1 aliphatic carbocycles. The minimum absolute atomic E-state index is 0.250. The molecular formula is C16H30N4. The molecule has 114 valence electrons. The van der Waals surface area contributed by atoms with Crippen molar-refractivity contribution < 1.29 is 0 Å². The molecule has 0 spiro atoms. The van der Waals surface area contributed by atoms with Gasteiger partial charge in [0.2, 0.25) is 0 Å². The van der Waals surface area contributed by atoms with Crippen LogP contribution < -0.4 is 5.32 Å². The Balaban J connectivity index is 1.78. The molecule has 2 atom stereocenters. The quantitative estimate of drug-likeness (QED) is 0.831. The topological polar surface area (TPSA) is 42.3 Å². The highest BCUT2D eigenvalue weighted by Crippen LogP contribution is 2.37. The zero-order valence-electron chi connectivity index (χ0n) is 13.4. The van der Waals surface area contributed by atoms with Crippen LogP contribution in [0.3, 0.4) is 0 Å². The molecule has 0 aromatic carbocycles. The summed E-state index contributed by atoms with van der Waals surface area (Å²) in [6, 6.07) is 3.22. The SMILES string of the molecule is CNC1(C#N)CCCC1CCN1CCN(C(C)C)CC1. The van der Waals surface area contributed by atoms with Crippen LogP contribution >= 0.6 is 0 Å². The first kappa shape index (κ1) is 15.8. The van der Waals surface area contributed by atoms with Crippen LogP contribution in [0.1, 0.15) is 39.5 Å². The van der Waals surface area contributed by atoms with Crippen LogP contribution in [0.4, 0.5) is 0 Å². The molecule has 1 N–H and O–H groups in total. The predicted molar refractivity (Wildman–Crippen MR) is 82.5 cm³/mol. The van der Waals surface area contributed by atoms with Crippen LogP contribution in [-0.2, 0) is 0 Å². The third kappa shape index (κ3) is 3.33. The molecular weight excluding hydrogens is 248 g/mol. The maximum absolute atomic E-state index is 9.49. The van der Waals surface area contributed by atoms with Gasteiger partial charge in [0, 0.05) is 32.2 Å². The van der Waals surface area contributed by atoms with E-state index in [4.69, 9.17) is 0 Å². The van der Waals surface area contributed by atoms with Crippen molar-refractivity contribution >= 4 is 0 Å². The normalized spacial score (nSPS) is 32.6. The molecule has 20 heavy (non-hydrogen) atoms. The highest BCUT2D eigenvalue weighted by molar-refractivity contribution is 5.13. The summed E-state index contributed by atoms with van der Waals surface area (Å²) in [4.78, 5) is 5.13. The second-order valence-electron chi connectivity index (χ2n) is 6.68. The molecule has 2 aliphatic rings. The maximum atomic E-state index is 9.49. The first-order valence-electron chi connectivity index (χ1n) is 8.18. The molecule has 0 radical (unpaired) electrons. The van der Waals surface area contributed by atoms with E-state index in [1.165, 1.54) is 39.0 Å². The molecule has 2 unspecified atom stereocenters. The van der Waals surface area contributed by atoms with Gasteiger partial charge >= 0.3 is 0 Å². The maximum Gasteiger partial charge on any atom is 0.109 e. The van der Waals surface area contributed by atoms with Crippen LogP contribution in [-0.4, -0.2) is 61.2 Å². The van der Waals surface area contributed by atoms with Crippen molar-refractivity contribution in [1.29, 1.82) is 5.26 Å². The van der Waals surface area contributed by atoms with E-state index in [9.17, 15) is 5.26 Å². The lowest BCUT2D eigenvalue weighted by molar-refractivity contribution is 0.102. The number of hydrogen-bond acceptors (Lipinski definition) is 4. The molecule has 0 aromatic heterocycles. The van der Waals surface area contributed by atoms with Crippen molar-refractivity contribution in [2.24, 2.45) is 5.92 Å². The van der Waals surface area contributed by atoms with E-state index >= 15 is 0 Å².